The fourth-order valence-corrected chi connectivity index (χ4v) is 3.65. The van der Waals surface area contributed by atoms with Crippen LogP contribution in [0.25, 0.3) is 0 Å². The largest absolute Gasteiger partial charge is 0.609 e. The minimum absolute atomic E-state index is 0.265. The SMILES string of the molecule is CC[C@@H]1C(=O)O[B-]2(c3ccc(C)cc3)OC(=O)[C@H](CC)[C+]12. The summed E-state index contributed by atoms with van der Waals surface area (Å²) in [6.45, 7) is 3.77. The normalized spacial score (nSPS) is 31.1. The van der Waals surface area contributed by atoms with Crippen molar-refractivity contribution in [2.45, 2.75) is 33.6 Å². The fraction of sp³-hybridized carbons (Fsp3) is 0.438. The third kappa shape index (κ3) is 1.87. The van der Waals surface area contributed by atoms with E-state index in [1.807, 2.05) is 45.0 Å². The van der Waals surface area contributed by atoms with Crippen LogP contribution >= 0.6 is 0 Å². The van der Waals surface area contributed by atoms with E-state index in [1.54, 1.807) is 0 Å². The second-order valence-corrected chi connectivity index (χ2v) is 5.92. The first-order chi connectivity index (χ1) is 10.0. The Bertz CT molecular complexity index is 554. The van der Waals surface area contributed by atoms with E-state index in [2.05, 4.69) is 0 Å². The maximum absolute atomic E-state index is 12.2. The van der Waals surface area contributed by atoms with E-state index in [-0.39, 0.29) is 23.8 Å². The van der Waals surface area contributed by atoms with Gasteiger partial charge in [-0.2, -0.15) is 0 Å². The predicted molar refractivity (Wildman–Crippen MR) is 79.6 cm³/mol. The second-order valence-electron chi connectivity index (χ2n) is 5.92. The Morgan fingerprint density at radius 3 is 1.90 bits per heavy atom. The first-order valence-corrected chi connectivity index (χ1v) is 7.57. The van der Waals surface area contributed by atoms with Crippen LogP contribution in [0.5, 0.6) is 0 Å². The van der Waals surface area contributed by atoms with Gasteiger partial charge in [-0.1, -0.05) is 49.1 Å². The zero-order valence-corrected chi connectivity index (χ0v) is 12.6. The summed E-state index contributed by atoms with van der Waals surface area (Å²) in [5.41, 5.74) is 1.89. The lowest BCUT2D eigenvalue weighted by Gasteiger charge is -2.25. The van der Waals surface area contributed by atoms with E-state index in [0.29, 0.717) is 12.8 Å². The Labute approximate surface area is 124 Å². The van der Waals surface area contributed by atoms with Gasteiger partial charge in [-0.25, -0.2) is 0 Å². The molecule has 2 fully saturated rings. The number of carbonyl (C=O) groups is 2. The highest BCUT2D eigenvalue weighted by Gasteiger charge is 2.73. The Balaban J connectivity index is 2.11. The predicted octanol–water partition coefficient (Wildman–Crippen LogP) is 1.92. The van der Waals surface area contributed by atoms with E-state index in [1.165, 1.54) is 0 Å². The van der Waals surface area contributed by atoms with Gasteiger partial charge in [0.25, 0.3) is 0 Å². The molecular formula is C16H19BO4. The van der Waals surface area contributed by atoms with Crippen molar-refractivity contribution in [2.24, 2.45) is 11.8 Å². The van der Waals surface area contributed by atoms with Crippen molar-refractivity contribution in [2.75, 3.05) is 0 Å². The van der Waals surface area contributed by atoms with Crippen LogP contribution in [-0.2, 0) is 18.9 Å². The zero-order chi connectivity index (χ0) is 15.2. The molecule has 0 saturated carbocycles. The van der Waals surface area contributed by atoms with Gasteiger partial charge in [0.2, 0.25) is 0 Å². The average molecular weight is 286 g/mol. The summed E-state index contributed by atoms with van der Waals surface area (Å²) in [5.74, 6) is -0.345. The van der Waals surface area contributed by atoms with Crippen LogP contribution in [0.3, 0.4) is 0 Å². The van der Waals surface area contributed by atoms with Crippen LogP contribution in [0, 0.1) is 24.6 Å². The molecule has 4 nitrogen and oxygen atoms in total. The van der Waals surface area contributed by atoms with E-state index >= 15 is 0 Å². The molecule has 3 atom stereocenters. The topological polar surface area (TPSA) is 52.6 Å². The number of carbonyl (C=O) groups excluding carboxylic acids is 2. The number of benzene rings is 1. The van der Waals surface area contributed by atoms with Crippen LogP contribution in [-0.4, -0.2) is 18.5 Å². The summed E-state index contributed by atoms with van der Waals surface area (Å²) in [6, 6.07) is 7.69. The van der Waals surface area contributed by atoms with Gasteiger partial charge in [0.05, 0.1) is 0 Å². The summed E-state index contributed by atoms with van der Waals surface area (Å²) in [5, 5.41) is 0. The van der Waals surface area contributed by atoms with Crippen LogP contribution < -0.4 is 5.46 Å². The van der Waals surface area contributed by atoms with Crippen molar-refractivity contribution in [3.8, 4) is 0 Å². The minimum Gasteiger partial charge on any atom is -0.609 e. The van der Waals surface area contributed by atoms with Gasteiger partial charge in [-0.3, -0.25) is 9.59 Å². The molecule has 2 aliphatic heterocycles. The van der Waals surface area contributed by atoms with Gasteiger partial charge >= 0.3 is 18.5 Å². The van der Waals surface area contributed by atoms with Crippen molar-refractivity contribution in [3.05, 3.63) is 35.6 Å². The molecule has 1 aromatic rings. The molecule has 2 saturated heterocycles. The standard InChI is InChI=1S/C16H19BO4/c1-4-12-14-13(5-2)16(19)21-17(14,20-15(12)18)11-8-6-10(3)7-9-11/h6-9,12-13H,4-5H2,1-3H3/t12-,13+,17?. The van der Waals surface area contributed by atoms with E-state index in [9.17, 15) is 9.59 Å². The molecule has 2 heterocycles. The van der Waals surface area contributed by atoms with Crippen molar-refractivity contribution in [3.63, 3.8) is 0 Å². The molecule has 0 bridgehead atoms. The monoisotopic (exact) mass is 286 g/mol. The molecule has 2 aliphatic rings. The molecule has 5 heteroatoms. The summed E-state index contributed by atoms with van der Waals surface area (Å²) >= 11 is 0. The Morgan fingerprint density at radius 1 is 1.00 bits per heavy atom. The van der Waals surface area contributed by atoms with Crippen molar-refractivity contribution >= 4 is 24.0 Å². The molecular weight excluding hydrogens is 267 g/mol. The summed E-state index contributed by atoms with van der Waals surface area (Å²) in [6.07, 6.45) is 1.27. The van der Waals surface area contributed by atoms with E-state index in [4.69, 9.17) is 9.31 Å². The zero-order valence-electron chi connectivity index (χ0n) is 12.6. The van der Waals surface area contributed by atoms with Crippen LogP contribution in [0.2, 0.25) is 0 Å². The van der Waals surface area contributed by atoms with Gasteiger partial charge < -0.3 is 9.31 Å². The molecule has 3 rings (SSSR count). The molecule has 0 aliphatic carbocycles. The minimum atomic E-state index is -2.10. The first kappa shape index (κ1) is 14.0. The third-order valence-electron chi connectivity index (χ3n) is 4.71. The van der Waals surface area contributed by atoms with Gasteiger partial charge in [0.15, 0.2) is 11.8 Å². The molecule has 110 valence electrons. The van der Waals surface area contributed by atoms with Gasteiger partial charge in [0.1, 0.15) is 0 Å². The highest BCUT2D eigenvalue weighted by molar-refractivity contribution is 6.91. The Kier molecular flexibility index (Phi) is 3.23. The Hall–Kier alpha value is -1.91. The van der Waals surface area contributed by atoms with Gasteiger partial charge in [-0.15, -0.1) is 0 Å². The highest BCUT2D eigenvalue weighted by Crippen LogP contribution is 2.49. The maximum Gasteiger partial charge on any atom is 0.589 e. The lowest BCUT2D eigenvalue weighted by molar-refractivity contribution is -0.142. The summed E-state index contributed by atoms with van der Waals surface area (Å²) in [7, 11) is 0. The lowest BCUT2D eigenvalue weighted by atomic mass is 9.40. The van der Waals surface area contributed by atoms with Gasteiger partial charge in [0, 0.05) is 5.82 Å². The van der Waals surface area contributed by atoms with Crippen LogP contribution in [0.15, 0.2) is 24.3 Å². The van der Waals surface area contributed by atoms with E-state index in [0.717, 1.165) is 16.8 Å². The number of hydrogen-bond acceptors (Lipinski definition) is 4. The molecule has 0 amide bonds. The molecule has 1 aromatic carbocycles. The molecule has 0 radical (unpaired) electrons. The quantitative estimate of drug-likeness (QED) is 0.629. The third-order valence-corrected chi connectivity index (χ3v) is 4.71. The van der Waals surface area contributed by atoms with Crippen molar-refractivity contribution < 1.29 is 18.9 Å². The highest BCUT2D eigenvalue weighted by atomic mass is 16.7. The summed E-state index contributed by atoms with van der Waals surface area (Å²) in [4.78, 5) is 24.4. The lowest BCUT2D eigenvalue weighted by Crippen LogP contribution is -2.53. The number of aryl methyl sites for hydroxylation is 1. The average Bonchev–Trinajstić information content (AvgIpc) is 2.88. The fourth-order valence-electron chi connectivity index (χ4n) is 3.65. The molecule has 0 N–H and O–H groups in total. The number of rotatable bonds is 3. The maximum atomic E-state index is 12.2. The summed E-state index contributed by atoms with van der Waals surface area (Å²) < 4.78 is 11.3. The van der Waals surface area contributed by atoms with E-state index < -0.39 is 6.55 Å². The Morgan fingerprint density at radius 2 is 1.48 bits per heavy atom. The second kappa shape index (κ2) is 4.83. The number of hydrogen-bond donors (Lipinski definition) is 0. The number of fused-ring (bicyclic) bond motifs is 1. The molecule has 0 spiro atoms. The molecule has 21 heavy (non-hydrogen) atoms. The van der Waals surface area contributed by atoms with Gasteiger partial charge in [-0.05, 0) is 19.8 Å². The molecule has 1 unspecified atom stereocenters. The molecule has 0 aromatic heterocycles. The van der Waals surface area contributed by atoms with Crippen molar-refractivity contribution in [1.29, 1.82) is 0 Å². The van der Waals surface area contributed by atoms with Crippen LogP contribution in [0.4, 0.5) is 0 Å². The first-order valence-electron chi connectivity index (χ1n) is 7.57. The smallest absolute Gasteiger partial charge is 0.589 e. The van der Waals surface area contributed by atoms with Crippen molar-refractivity contribution in [1.82, 2.24) is 0 Å². The van der Waals surface area contributed by atoms with Crippen LogP contribution in [0.1, 0.15) is 32.3 Å².